The van der Waals surface area contributed by atoms with Crippen LogP contribution in [-0.4, -0.2) is 0 Å². The van der Waals surface area contributed by atoms with Gasteiger partial charge in [-0.05, 0) is 35.9 Å². The largest absolute Gasteiger partial charge is 0.489 e. The van der Waals surface area contributed by atoms with Crippen molar-refractivity contribution in [3.63, 3.8) is 0 Å². The molecule has 19 heavy (non-hydrogen) atoms. The van der Waals surface area contributed by atoms with Gasteiger partial charge in [0.25, 0.3) is 0 Å². The fraction of sp³-hybridized carbons (Fsp3) is 0.133. The smallest absolute Gasteiger partial charge is 0.119 e. The number of nitrogens with zero attached hydrogens (tertiary/aromatic N) is 1. The van der Waals surface area contributed by atoms with Crippen LogP contribution in [0.2, 0.25) is 10.0 Å². The molecular formula is C15H11Cl2NO. The van der Waals surface area contributed by atoms with E-state index in [0.29, 0.717) is 23.1 Å². The third-order valence-electron chi connectivity index (χ3n) is 2.61. The lowest BCUT2D eigenvalue weighted by atomic mass is 10.2. The Labute approximate surface area is 122 Å². The van der Waals surface area contributed by atoms with Gasteiger partial charge < -0.3 is 4.74 Å². The first-order valence-electron chi connectivity index (χ1n) is 5.71. The minimum Gasteiger partial charge on any atom is -0.489 e. The zero-order chi connectivity index (χ0) is 13.7. The molecule has 0 bridgehead atoms. The molecule has 4 heteroatoms. The maximum absolute atomic E-state index is 8.59. The molecular weight excluding hydrogens is 281 g/mol. The van der Waals surface area contributed by atoms with Gasteiger partial charge in [0, 0.05) is 15.6 Å². The number of rotatable bonds is 4. The van der Waals surface area contributed by atoms with Gasteiger partial charge in [0.2, 0.25) is 0 Å². The van der Waals surface area contributed by atoms with E-state index in [0.717, 1.165) is 16.9 Å². The lowest BCUT2D eigenvalue weighted by molar-refractivity contribution is 0.306. The highest BCUT2D eigenvalue weighted by Crippen LogP contribution is 2.22. The number of benzene rings is 2. The first-order chi connectivity index (χ1) is 9.19. The third kappa shape index (κ3) is 3.89. The highest BCUT2D eigenvalue weighted by Gasteiger charge is 2.03. The summed E-state index contributed by atoms with van der Waals surface area (Å²) in [6, 6.07) is 14.8. The molecule has 0 aliphatic rings. The van der Waals surface area contributed by atoms with Crippen molar-refractivity contribution in [2.24, 2.45) is 0 Å². The van der Waals surface area contributed by atoms with Crippen molar-refractivity contribution >= 4 is 23.2 Å². The zero-order valence-corrected chi connectivity index (χ0v) is 11.6. The van der Waals surface area contributed by atoms with Gasteiger partial charge in [0.05, 0.1) is 12.5 Å². The van der Waals surface area contributed by atoms with E-state index in [-0.39, 0.29) is 0 Å². The van der Waals surface area contributed by atoms with Gasteiger partial charge in [0.15, 0.2) is 0 Å². The van der Waals surface area contributed by atoms with Crippen molar-refractivity contribution in [3.05, 3.63) is 63.6 Å². The quantitative estimate of drug-likeness (QED) is 0.822. The third-order valence-corrected chi connectivity index (χ3v) is 3.21. The summed E-state index contributed by atoms with van der Waals surface area (Å²) in [5.41, 5.74) is 1.81. The van der Waals surface area contributed by atoms with E-state index in [1.165, 1.54) is 0 Å². The Morgan fingerprint density at radius 1 is 1.05 bits per heavy atom. The molecule has 2 aromatic carbocycles. The molecule has 0 atom stereocenters. The summed E-state index contributed by atoms with van der Waals surface area (Å²) in [5, 5.41) is 9.85. The Morgan fingerprint density at radius 2 is 1.79 bits per heavy atom. The normalized spacial score (nSPS) is 9.95. The first-order valence-corrected chi connectivity index (χ1v) is 6.47. The van der Waals surface area contributed by atoms with Crippen LogP contribution in [0.25, 0.3) is 0 Å². The molecule has 0 aliphatic carbocycles. The summed E-state index contributed by atoms with van der Waals surface area (Å²) < 4.78 is 5.64. The van der Waals surface area contributed by atoms with Crippen molar-refractivity contribution in [2.45, 2.75) is 13.0 Å². The minimum absolute atomic E-state index is 0.358. The van der Waals surface area contributed by atoms with Crippen LogP contribution in [0.4, 0.5) is 0 Å². The van der Waals surface area contributed by atoms with E-state index in [4.69, 9.17) is 33.2 Å². The molecule has 0 spiro atoms. The minimum atomic E-state index is 0.358. The van der Waals surface area contributed by atoms with Crippen molar-refractivity contribution in [3.8, 4) is 11.8 Å². The molecule has 0 saturated carbocycles. The molecule has 2 rings (SSSR count). The van der Waals surface area contributed by atoms with Gasteiger partial charge in [-0.15, -0.1) is 0 Å². The topological polar surface area (TPSA) is 33.0 Å². The van der Waals surface area contributed by atoms with Crippen LogP contribution in [0.15, 0.2) is 42.5 Å². The molecule has 0 radical (unpaired) electrons. The van der Waals surface area contributed by atoms with Crippen molar-refractivity contribution in [1.82, 2.24) is 0 Å². The number of hydrogen-bond acceptors (Lipinski definition) is 2. The molecule has 0 fully saturated rings. The molecule has 2 aromatic rings. The second-order valence-electron chi connectivity index (χ2n) is 4.00. The SMILES string of the molecule is N#CCc1ccc(OCc2cc(Cl)ccc2Cl)cc1. The van der Waals surface area contributed by atoms with Gasteiger partial charge in [-0.2, -0.15) is 5.26 Å². The standard InChI is InChI=1S/C15H11Cl2NO/c16-13-3-6-15(17)12(9-13)10-19-14-4-1-11(2-5-14)7-8-18/h1-6,9H,7,10H2. The maximum Gasteiger partial charge on any atom is 0.119 e. The van der Waals surface area contributed by atoms with Gasteiger partial charge >= 0.3 is 0 Å². The number of halogens is 2. The molecule has 0 N–H and O–H groups in total. The van der Waals surface area contributed by atoms with Crippen molar-refractivity contribution < 1.29 is 4.74 Å². The van der Waals surface area contributed by atoms with E-state index in [1.54, 1.807) is 18.2 Å². The Bertz CT molecular complexity index is 603. The summed E-state index contributed by atoms with van der Waals surface area (Å²) in [5.74, 6) is 0.734. The van der Waals surface area contributed by atoms with Crippen LogP contribution >= 0.6 is 23.2 Å². The fourth-order valence-corrected chi connectivity index (χ4v) is 1.98. The predicted octanol–water partition coefficient (Wildman–Crippen LogP) is 4.64. The van der Waals surface area contributed by atoms with E-state index in [9.17, 15) is 0 Å². The predicted molar refractivity (Wildman–Crippen MR) is 76.6 cm³/mol. The Hall–Kier alpha value is -1.69. The Morgan fingerprint density at radius 3 is 2.47 bits per heavy atom. The van der Waals surface area contributed by atoms with Gasteiger partial charge in [0.1, 0.15) is 12.4 Å². The molecule has 0 heterocycles. The molecule has 0 unspecified atom stereocenters. The highest BCUT2D eigenvalue weighted by atomic mass is 35.5. The zero-order valence-electron chi connectivity index (χ0n) is 10.1. The van der Waals surface area contributed by atoms with Crippen LogP contribution in [0, 0.1) is 11.3 Å². The number of nitriles is 1. The van der Waals surface area contributed by atoms with Gasteiger partial charge in [-0.25, -0.2) is 0 Å². The molecule has 0 amide bonds. The Kier molecular flexibility index (Phi) is 4.68. The molecule has 2 nitrogen and oxygen atoms in total. The maximum atomic E-state index is 8.59. The number of hydrogen-bond donors (Lipinski definition) is 0. The van der Waals surface area contributed by atoms with E-state index in [2.05, 4.69) is 6.07 Å². The van der Waals surface area contributed by atoms with E-state index < -0.39 is 0 Å². The summed E-state index contributed by atoms with van der Waals surface area (Å²) in [6.45, 7) is 0.358. The number of ether oxygens (including phenoxy) is 1. The lowest BCUT2D eigenvalue weighted by Crippen LogP contribution is -1.96. The Balaban J connectivity index is 2.02. The van der Waals surface area contributed by atoms with Gasteiger partial charge in [-0.1, -0.05) is 35.3 Å². The molecule has 0 aromatic heterocycles. The van der Waals surface area contributed by atoms with Crippen LogP contribution < -0.4 is 4.74 Å². The van der Waals surface area contributed by atoms with Crippen molar-refractivity contribution in [1.29, 1.82) is 5.26 Å². The van der Waals surface area contributed by atoms with Crippen molar-refractivity contribution in [2.75, 3.05) is 0 Å². The van der Waals surface area contributed by atoms with Crippen LogP contribution in [0.1, 0.15) is 11.1 Å². The van der Waals surface area contributed by atoms with Crippen LogP contribution in [-0.2, 0) is 13.0 Å². The van der Waals surface area contributed by atoms with Gasteiger partial charge in [-0.3, -0.25) is 0 Å². The van der Waals surface area contributed by atoms with E-state index in [1.807, 2.05) is 24.3 Å². The summed E-state index contributed by atoms with van der Waals surface area (Å²) in [6.07, 6.45) is 0.403. The molecule has 96 valence electrons. The monoisotopic (exact) mass is 291 g/mol. The lowest BCUT2D eigenvalue weighted by Gasteiger charge is -2.08. The summed E-state index contributed by atoms with van der Waals surface area (Å²) in [4.78, 5) is 0. The second-order valence-corrected chi connectivity index (χ2v) is 4.85. The second kappa shape index (κ2) is 6.47. The summed E-state index contributed by atoms with van der Waals surface area (Å²) >= 11 is 12.0. The summed E-state index contributed by atoms with van der Waals surface area (Å²) in [7, 11) is 0. The molecule has 0 saturated heterocycles. The fourth-order valence-electron chi connectivity index (χ4n) is 1.61. The van der Waals surface area contributed by atoms with Crippen LogP contribution in [0.5, 0.6) is 5.75 Å². The first kappa shape index (κ1) is 13.7. The average molecular weight is 292 g/mol. The van der Waals surface area contributed by atoms with E-state index >= 15 is 0 Å². The average Bonchev–Trinajstić information content (AvgIpc) is 2.42. The highest BCUT2D eigenvalue weighted by molar-refractivity contribution is 6.33. The van der Waals surface area contributed by atoms with Crippen LogP contribution in [0.3, 0.4) is 0 Å². The molecule has 0 aliphatic heterocycles.